The van der Waals surface area contributed by atoms with E-state index in [2.05, 4.69) is 22.1 Å². The highest BCUT2D eigenvalue weighted by Gasteiger charge is 2.06. The monoisotopic (exact) mass is 322 g/mol. The Kier molecular flexibility index (Phi) is 3.37. The number of rotatable bonds is 2. The number of benzene rings is 2. The van der Waals surface area contributed by atoms with Crippen LogP contribution in [0.3, 0.4) is 0 Å². The Morgan fingerprint density at radius 1 is 1.00 bits per heavy atom. The number of hydrogen-bond donors (Lipinski definition) is 0. The molecule has 22 heavy (non-hydrogen) atoms. The third kappa shape index (κ3) is 2.49. The number of halogens is 1. The summed E-state index contributed by atoms with van der Waals surface area (Å²) in [5.74, 6) is 0. The molecule has 0 bridgehead atoms. The molecule has 0 radical (unpaired) electrons. The Morgan fingerprint density at radius 2 is 1.91 bits per heavy atom. The summed E-state index contributed by atoms with van der Waals surface area (Å²) in [6.07, 6.45) is 3.75. The van der Waals surface area contributed by atoms with E-state index in [1.165, 1.54) is 0 Å². The van der Waals surface area contributed by atoms with Gasteiger partial charge in [0.05, 0.1) is 20.8 Å². The van der Waals surface area contributed by atoms with E-state index in [4.69, 9.17) is 11.6 Å². The average Bonchev–Trinajstić information content (AvgIpc) is 2.99. The molecule has 106 valence electrons. The number of aromatic nitrogens is 2. The molecule has 0 fully saturated rings. The van der Waals surface area contributed by atoms with Gasteiger partial charge in [0.1, 0.15) is 5.01 Å². The van der Waals surface area contributed by atoms with Crippen LogP contribution in [0.2, 0.25) is 0 Å². The third-order valence-electron chi connectivity index (χ3n) is 3.42. The maximum absolute atomic E-state index is 6.46. The van der Waals surface area contributed by atoms with Crippen LogP contribution in [-0.2, 0) is 0 Å². The normalized spacial score (nSPS) is 12.1. The summed E-state index contributed by atoms with van der Waals surface area (Å²) in [6.45, 7) is 0. The van der Waals surface area contributed by atoms with Crippen molar-refractivity contribution in [2.24, 2.45) is 0 Å². The summed E-state index contributed by atoms with van der Waals surface area (Å²) in [6, 6.07) is 18.1. The van der Waals surface area contributed by atoms with Crippen molar-refractivity contribution in [1.29, 1.82) is 0 Å². The Bertz CT molecular complexity index is 971. The number of para-hydroxylation sites is 1. The van der Waals surface area contributed by atoms with Crippen molar-refractivity contribution in [3.63, 3.8) is 0 Å². The van der Waals surface area contributed by atoms with Gasteiger partial charge in [0.2, 0.25) is 0 Å². The standard InChI is InChI=1S/C18H11ClN2S/c19-14(18-21-16-5-1-2-6-17(16)22-18)11-12-7-8-15-13(10-12)4-3-9-20-15/h1-11H/b14-11+. The first kappa shape index (κ1) is 13.4. The van der Waals surface area contributed by atoms with Crippen molar-refractivity contribution in [1.82, 2.24) is 9.97 Å². The summed E-state index contributed by atoms with van der Waals surface area (Å²) < 4.78 is 1.15. The molecule has 0 atom stereocenters. The van der Waals surface area contributed by atoms with Crippen molar-refractivity contribution in [2.45, 2.75) is 0 Å². The second kappa shape index (κ2) is 5.52. The third-order valence-corrected chi connectivity index (χ3v) is 4.89. The molecule has 0 N–H and O–H groups in total. The van der Waals surface area contributed by atoms with E-state index in [0.717, 1.165) is 31.7 Å². The first-order valence-electron chi connectivity index (χ1n) is 6.87. The minimum absolute atomic E-state index is 0.657. The summed E-state index contributed by atoms with van der Waals surface area (Å²) >= 11 is 8.06. The number of hydrogen-bond acceptors (Lipinski definition) is 3. The maximum atomic E-state index is 6.46. The highest BCUT2D eigenvalue weighted by Crippen LogP contribution is 2.30. The topological polar surface area (TPSA) is 25.8 Å². The molecule has 0 spiro atoms. The lowest BCUT2D eigenvalue weighted by Crippen LogP contribution is -1.80. The van der Waals surface area contributed by atoms with Gasteiger partial charge in [0.15, 0.2) is 0 Å². The van der Waals surface area contributed by atoms with Crippen molar-refractivity contribution in [3.8, 4) is 0 Å². The smallest absolute Gasteiger partial charge is 0.136 e. The van der Waals surface area contributed by atoms with Crippen molar-refractivity contribution >= 4 is 55.2 Å². The van der Waals surface area contributed by atoms with E-state index in [0.29, 0.717) is 5.03 Å². The largest absolute Gasteiger partial charge is 0.256 e. The fourth-order valence-electron chi connectivity index (χ4n) is 2.37. The van der Waals surface area contributed by atoms with Crippen LogP contribution in [0.1, 0.15) is 10.6 Å². The molecule has 2 nitrogen and oxygen atoms in total. The highest BCUT2D eigenvalue weighted by atomic mass is 35.5. The molecule has 2 aromatic heterocycles. The lowest BCUT2D eigenvalue weighted by Gasteiger charge is -1.99. The zero-order valence-electron chi connectivity index (χ0n) is 11.5. The molecule has 0 unspecified atom stereocenters. The first-order valence-corrected chi connectivity index (χ1v) is 8.07. The first-order chi connectivity index (χ1) is 10.8. The Morgan fingerprint density at radius 3 is 2.82 bits per heavy atom. The Labute approximate surface area is 136 Å². The molecular weight excluding hydrogens is 312 g/mol. The number of pyridine rings is 1. The quantitative estimate of drug-likeness (QED) is 0.481. The molecule has 2 heterocycles. The molecule has 0 aliphatic carbocycles. The summed E-state index contributed by atoms with van der Waals surface area (Å²) in [4.78, 5) is 8.90. The molecule has 0 aliphatic rings. The van der Waals surface area contributed by atoms with Crippen LogP contribution in [0.25, 0.3) is 32.2 Å². The van der Waals surface area contributed by atoms with Crippen molar-refractivity contribution in [2.75, 3.05) is 0 Å². The van der Waals surface area contributed by atoms with Gasteiger partial charge in [-0.3, -0.25) is 4.98 Å². The molecule has 4 aromatic rings. The lowest BCUT2D eigenvalue weighted by molar-refractivity contribution is 1.41. The predicted molar refractivity (Wildman–Crippen MR) is 95.1 cm³/mol. The van der Waals surface area contributed by atoms with Crippen LogP contribution in [-0.4, -0.2) is 9.97 Å². The molecular formula is C18H11ClN2S. The van der Waals surface area contributed by atoms with Crippen molar-refractivity contribution < 1.29 is 0 Å². The van der Waals surface area contributed by atoms with E-state index >= 15 is 0 Å². The number of nitrogens with zero attached hydrogens (tertiary/aromatic N) is 2. The molecule has 0 aliphatic heterocycles. The van der Waals surface area contributed by atoms with Crippen LogP contribution in [0.4, 0.5) is 0 Å². The highest BCUT2D eigenvalue weighted by molar-refractivity contribution is 7.20. The second-order valence-electron chi connectivity index (χ2n) is 4.93. The fraction of sp³-hybridized carbons (Fsp3) is 0. The summed E-state index contributed by atoms with van der Waals surface area (Å²) in [5, 5.41) is 2.60. The van der Waals surface area contributed by atoms with E-state index < -0.39 is 0 Å². The minimum Gasteiger partial charge on any atom is -0.256 e. The van der Waals surface area contributed by atoms with Crippen LogP contribution in [0, 0.1) is 0 Å². The van der Waals surface area contributed by atoms with Crippen LogP contribution < -0.4 is 0 Å². The Balaban J connectivity index is 1.76. The molecule has 2 aromatic carbocycles. The van der Waals surface area contributed by atoms with Gasteiger partial charge in [-0.25, -0.2) is 4.98 Å². The van der Waals surface area contributed by atoms with Gasteiger partial charge >= 0.3 is 0 Å². The lowest BCUT2D eigenvalue weighted by atomic mass is 10.1. The van der Waals surface area contributed by atoms with Crippen molar-refractivity contribution in [3.05, 3.63) is 71.4 Å². The SMILES string of the molecule is Cl/C(=C/c1ccc2ncccc2c1)c1nc2ccccc2s1. The maximum Gasteiger partial charge on any atom is 0.136 e. The summed E-state index contributed by atoms with van der Waals surface area (Å²) in [7, 11) is 0. The molecule has 4 heteroatoms. The van der Waals surface area contributed by atoms with Gasteiger partial charge in [-0.05, 0) is 42.0 Å². The van der Waals surface area contributed by atoms with E-state index in [1.54, 1.807) is 17.5 Å². The number of fused-ring (bicyclic) bond motifs is 2. The van der Waals surface area contributed by atoms with E-state index in [1.807, 2.05) is 48.5 Å². The second-order valence-corrected chi connectivity index (χ2v) is 6.37. The minimum atomic E-state index is 0.657. The fourth-order valence-corrected chi connectivity index (χ4v) is 3.52. The van der Waals surface area contributed by atoms with Gasteiger partial charge in [0, 0.05) is 11.6 Å². The van der Waals surface area contributed by atoms with Gasteiger partial charge in [-0.2, -0.15) is 0 Å². The van der Waals surface area contributed by atoms with Crippen LogP contribution >= 0.6 is 22.9 Å². The molecule has 0 amide bonds. The van der Waals surface area contributed by atoms with Gasteiger partial charge in [-0.15, -0.1) is 11.3 Å². The average molecular weight is 323 g/mol. The Hall–Kier alpha value is -2.23. The zero-order chi connectivity index (χ0) is 14.9. The van der Waals surface area contributed by atoms with Crippen LogP contribution in [0.15, 0.2) is 60.8 Å². The van der Waals surface area contributed by atoms with Crippen LogP contribution in [0.5, 0.6) is 0 Å². The molecule has 4 rings (SSSR count). The molecule has 0 saturated heterocycles. The predicted octanol–water partition coefficient (Wildman–Crippen LogP) is 5.58. The van der Waals surface area contributed by atoms with Gasteiger partial charge < -0.3 is 0 Å². The van der Waals surface area contributed by atoms with E-state index in [9.17, 15) is 0 Å². The van der Waals surface area contributed by atoms with E-state index in [-0.39, 0.29) is 0 Å². The zero-order valence-corrected chi connectivity index (χ0v) is 13.1. The summed E-state index contributed by atoms with van der Waals surface area (Å²) in [5.41, 5.74) is 3.01. The molecule has 0 saturated carbocycles. The van der Waals surface area contributed by atoms with Gasteiger partial charge in [-0.1, -0.05) is 35.9 Å². The number of thiazole rings is 1. The van der Waals surface area contributed by atoms with Gasteiger partial charge in [0.25, 0.3) is 0 Å².